The summed E-state index contributed by atoms with van der Waals surface area (Å²) in [6, 6.07) is 19.1. The van der Waals surface area contributed by atoms with E-state index in [2.05, 4.69) is 15.4 Å². The van der Waals surface area contributed by atoms with E-state index in [9.17, 15) is 4.79 Å². The van der Waals surface area contributed by atoms with Crippen molar-refractivity contribution >= 4 is 22.4 Å². The number of carbonyl (C=O) groups is 1. The molecule has 0 aliphatic rings. The molecule has 1 amide bonds. The van der Waals surface area contributed by atoms with Gasteiger partial charge in [0.05, 0.1) is 5.69 Å². The van der Waals surface area contributed by atoms with Crippen molar-refractivity contribution in [3.8, 4) is 11.6 Å². The molecular formula is C20H16N4O2. The van der Waals surface area contributed by atoms with E-state index in [0.717, 1.165) is 10.8 Å². The Balaban J connectivity index is 1.44. The average molecular weight is 344 g/mol. The molecule has 0 unspecified atom stereocenters. The molecule has 0 bridgehead atoms. The Bertz CT molecular complexity index is 1040. The van der Waals surface area contributed by atoms with Gasteiger partial charge in [0, 0.05) is 18.6 Å². The minimum absolute atomic E-state index is 0.0915. The standard InChI is InChI=1S/C20H16N4O2/c25-19(14-26-17-9-8-15-5-1-2-6-16(15)13-17)23-18-7-3-10-21-20(18)24-12-4-11-22-24/h1-13H,14H2,(H,23,25). The van der Waals surface area contributed by atoms with Crippen LogP contribution in [0.25, 0.3) is 16.6 Å². The number of nitrogens with zero attached hydrogens (tertiary/aromatic N) is 3. The van der Waals surface area contributed by atoms with Gasteiger partial charge in [0.2, 0.25) is 0 Å². The second-order valence-corrected chi connectivity index (χ2v) is 5.67. The first-order valence-electron chi connectivity index (χ1n) is 8.16. The third kappa shape index (κ3) is 3.39. The van der Waals surface area contributed by atoms with E-state index in [4.69, 9.17) is 4.74 Å². The number of ether oxygens (including phenoxy) is 1. The van der Waals surface area contributed by atoms with E-state index in [1.807, 2.05) is 42.5 Å². The third-order valence-electron chi connectivity index (χ3n) is 3.87. The molecule has 0 fully saturated rings. The zero-order valence-corrected chi connectivity index (χ0v) is 13.9. The van der Waals surface area contributed by atoms with Crippen LogP contribution in [0.4, 0.5) is 5.69 Å². The van der Waals surface area contributed by atoms with Gasteiger partial charge in [-0.1, -0.05) is 30.3 Å². The third-order valence-corrected chi connectivity index (χ3v) is 3.87. The van der Waals surface area contributed by atoms with Crippen LogP contribution in [0.5, 0.6) is 5.75 Å². The van der Waals surface area contributed by atoms with Crippen LogP contribution in [0.2, 0.25) is 0 Å². The number of amides is 1. The number of rotatable bonds is 5. The van der Waals surface area contributed by atoms with E-state index < -0.39 is 0 Å². The maximum atomic E-state index is 12.3. The van der Waals surface area contributed by atoms with Crippen molar-refractivity contribution in [3.63, 3.8) is 0 Å². The van der Waals surface area contributed by atoms with Crippen LogP contribution in [0.15, 0.2) is 79.3 Å². The summed E-state index contributed by atoms with van der Waals surface area (Å²) in [6.07, 6.45) is 5.07. The normalized spacial score (nSPS) is 10.6. The summed E-state index contributed by atoms with van der Waals surface area (Å²) in [4.78, 5) is 16.5. The minimum atomic E-state index is -0.264. The maximum absolute atomic E-state index is 12.3. The van der Waals surface area contributed by atoms with Crippen LogP contribution >= 0.6 is 0 Å². The molecule has 128 valence electrons. The van der Waals surface area contributed by atoms with E-state index in [1.165, 1.54) is 0 Å². The van der Waals surface area contributed by atoms with Gasteiger partial charge in [-0.3, -0.25) is 4.79 Å². The van der Waals surface area contributed by atoms with Crippen molar-refractivity contribution in [1.82, 2.24) is 14.8 Å². The molecule has 0 saturated carbocycles. The molecular weight excluding hydrogens is 328 g/mol. The lowest BCUT2D eigenvalue weighted by molar-refractivity contribution is -0.118. The van der Waals surface area contributed by atoms with Gasteiger partial charge < -0.3 is 10.1 Å². The van der Waals surface area contributed by atoms with Gasteiger partial charge in [-0.25, -0.2) is 9.67 Å². The van der Waals surface area contributed by atoms with Gasteiger partial charge >= 0.3 is 0 Å². The fourth-order valence-electron chi connectivity index (χ4n) is 2.66. The summed E-state index contributed by atoms with van der Waals surface area (Å²) >= 11 is 0. The van der Waals surface area contributed by atoms with Gasteiger partial charge in [-0.2, -0.15) is 5.10 Å². The van der Waals surface area contributed by atoms with Crippen LogP contribution < -0.4 is 10.1 Å². The number of carbonyl (C=O) groups excluding carboxylic acids is 1. The summed E-state index contributed by atoms with van der Waals surface area (Å²) in [7, 11) is 0. The fraction of sp³-hybridized carbons (Fsp3) is 0.0500. The summed E-state index contributed by atoms with van der Waals surface area (Å²) in [5, 5.41) is 9.16. The van der Waals surface area contributed by atoms with Crippen molar-refractivity contribution in [1.29, 1.82) is 0 Å². The Morgan fingerprint density at radius 2 is 1.88 bits per heavy atom. The van der Waals surface area contributed by atoms with Gasteiger partial charge in [0.25, 0.3) is 5.91 Å². The molecule has 0 radical (unpaired) electrons. The summed E-state index contributed by atoms with van der Waals surface area (Å²) in [5.41, 5.74) is 0.573. The maximum Gasteiger partial charge on any atom is 0.262 e. The number of aromatic nitrogens is 3. The summed E-state index contributed by atoms with van der Waals surface area (Å²) < 4.78 is 7.22. The second kappa shape index (κ2) is 7.06. The molecule has 6 nitrogen and oxygen atoms in total. The molecule has 2 aromatic carbocycles. The summed E-state index contributed by atoms with van der Waals surface area (Å²) in [5.74, 6) is 0.938. The number of pyridine rings is 1. The Labute approximate surface area is 150 Å². The monoisotopic (exact) mass is 344 g/mol. The number of fused-ring (bicyclic) bond motifs is 1. The molecule has 2 heterocycles. The number of hydrogen-bond donors (Lipinski definition) is 1. The Hall–Kier alpha value is -3.67. The first-order chi connectivity index (χ1) is 12.8. The first kappa shape index (κ1) is 15.8. The van der Waals surface area contributed by atoms with Crippen LogP contribution in [-0.4, -0.2) is 27.3 Å². The topological polar surface area (TPSA) is 69.0 Å². The predicted octanol–water partition coefficient (Wildman–Crippen LogP) is 3.44. The van der Waals surface area contributed by atoms with E-state index in [0.29, 0.717) is 17.3 Å². The second-order valence-electron chi connectivity index (χ2n) is 5.67. The van der Waals surface area contributed by atoms with Gasteiger partial charge in [-0.05, 0) is 41.1 Å². The van der Waals surface area contributed by atoms with Crippen LogP contribution in [0.1, 0.15) is 0 Å². The summed E-state index contributed by atoms with van der Waals surface area (Å²) in [6.45, 7) is -0.0915. The molecule has 6 heteroatoms. The van der Waals surface area contributed by atoms with Crippen LogP contribution in [0, 0.1) is 0 Å². The van der Waals surface area contributed by atoms with Gasteiger partial charge in [0.15, 0.2) is 12.4 Å². The van der Waals surface area contributed by atoms with Gasteiger partial charge in [-0.15, -0.1) is 0 Å². The highest BCUT2D eigenvalue weighted by Gasteiger charge is 2.10. The molecule has 0 atom stereocenters. The Kier molecular flexibility index (Phi) is 4.30. The van der Waals surface area contributed by atoms with Crippen molar-refractivity contribution in [2.24, 2.45) is 0 Å². The predicted molar refractivity (Wildman–Crippen MR) is 99.4 cm³/mol. The highest BCUT2D eigenvalue weighted by molar-refractivity contribution is 5.93. The van der Waals surface area contributed by atoms with Gasteiger partial charge in [0.1, 0.15) is 5.75 Å². The lowest BCUT2D eigenvalue weighted by Crippen LogP contribution is -2.21. The number of hydrogen-bond acceptors (Lipinski definition) is 4. The van der Waals surface area contributed by atoms with E-state index >= 15 is 0 Å². The molecule has 26 heavy (non-hydrogen) atoms. The molecule has 4 aromatic rings. The molecule has 0 aliphatic carbocycles. The molecule has 2 aromatic heterocycles. The SMILES string of the molecule is O=C(COc1ccc2ccccc2c1)Nc1cccnc1-n1cccn1. The number of anilines is 1. The fourth-order valence-corrected chi connectivity index (χ4v) is 2.66. The minimum Gasteiger partial charge on any atom is -0.484 e. The Morgan fingerprint density at radius 3 is 2.73 bits per heavy atom. The van der Waals surface area contributed by atoms with Crippen molar-refractivity contribution in [2.75, 3.05) is 11.9 Å². The molecule has 0 spiro atoms. The van der Waals surface area contributed by atoms with E-state index in [1.54, 1.807) is 41.5 Å². The quantitative estimate of drug-likeness (QED) is 0.602. The first-order valence-corrected chi connectivity index (χ1v) is 8.16. The van der Waals surface area contributed by atoms with Crippen LogP contribution in [-0.2, 0) is 4.79 Å². The zero-order chi connectivity index (χ0) is 17.8. The highest BCUT2D eigenvalue weighted by Crippen LogP contribution is 2.21. The number of benzene rings is 2. The molecule has 0 saturated heterocycles. The highest BCUT2D eigenvalue weighted by atomic mass is 16.5. The zero-order valence-electron chi connectivity index (χ0n) is 13.9. The lowest BCUT2D eigenvalue weighted by Gasteiger charge is -2.11. The smallest absolute Gasteiger partial charge is 0.262 e. The van der Waals surface area contributed by atoms with Crippen molar-refractivity contribution < 1.29 is 9.53 Å². The number of nitrogens with one attached hydrogen (secondary N) is 1. The van der Waals surface area contributed by atoms with Crippen molar-refractivity contribution in [2.45, 2.75) is 0 Å². The Morgan fingerprint density at radius 1 is 1.00 bits per heavy atom. The molecule has 4 rings (SSSR count). The van der Waals surface area contributed by atoms with Crippen LogP contribution in [0.3, 0.4) is 0 Å². The lowest BCUT2D eigenvalue weighted by atomic mass is 10.1. The largest absolute Gasteiger partial charge is 0.484 e. The molecule has 0 aliphatic heterocycles. The molecule has 1 N–H and O–H groups in total. The van der Waals surface area contributed by atoms with E-state index in [-0.39, 0.29) is 12.5 Å². The average Bonchev–Trinajstić information content (AvgIpc) is 3.21. The van der Waals surface area contributed by atoms with Crippen molar-refractivity contribution in [3.05, 3.63) is 79.3 Å².